The van der Waals surface area contributed by atoms with E-state index in [1.165, 1.54) is 0 Å². The zero-order chi connectivity index (χ0) is 12.5. The van der Waals surface area contributed by atoms with Gasteiger partial charge in [0.25, 0.3) is 5.91 Å². The van der Waals surface area contributed by atoms with E-state index in [9.17, 15) is 4.79 Å². The lowest BCUT2D eigenvalue weighted by Gasteiger charge is -2.28. The van der Waals surface area contributed by atoms with Gasteiger partial charge >= 0.3 is 0 Å². The number of carbonyl (C=O) groups excluding carboxylic acids is 1. The van der Waals surface area contributed by atoms with Crippen LogP contribution in [0.2, 0.25) is 0 Å². The Morgan fingerprint density at radius 2 is 1.67 bits per heavy atom. The van der Waals surface area contributed by atoms with Crippen LogP contribution in [0.4, 0.5) is 5.69 Å². The fourth-order valence-corrected chi connectivity index (χ4v) is 2.29. The van der Waals surface area contributed by atoms with Gasteiger partial charge in [0.1, 0.15) is 6.17 Å². The maximum atomic E-state index is 12.0. The molecule has 2 aromatic rings. The highest BCUT2D eigenvalue weighted by atomic mass is 79.9. The summed E-state index contributed by atoms with van der Waals surface area (Å²) in [7, 11) is 0. The summed E-state index contributed by atoms with van der Waals surface area (Å²) in [5.41, 5.74) is 2.58. The lowest BCUT2D eigenvalue weighted by molar-refractivity contribution is 0.0935. The Morgan fingerprint density at radius 3 is 2.44 bits per heavy atom. The monoisotopic (exact) mass is 302 g/mol. The van der Waals surface area contributed by atoms with Crippen molar-refractivity contribution in [3.05, 3.63) is 64.1 Å². The molecule has 0 aromatic heterocycles. The molecule has 1 amide bonds. The Hall–Kier alpha value is -1.81. The number of hydrogen-bond donors (Lipinski definition) is 2. The number of fused-ring (bicyclic) bond motifs is 1. The highest BCUT2D eigenvalue weighted by Gasteiger charge is 2.23. The first-order valence-corrected chi connectivity index (χ1v) is 6.45. The average molecular weight is 303 g/mol. The quantitative estimate of drug-likeness (QED) is 0.848. The summed E-state index contributed by atoms with van der Waals surface area (Å²) in [5, 5.41) is 6.26. The molecule has 4 heteroatoms. The zero-order valence-corrected chi connectivity index (χ0v) is 11.1. The Kier molecular flexibility index (Phi) is 2.80. The largest absolute Gasteiger partial charge is 0.361 e. The minimum Gasteiger partial charge on any atom is -0.361 e. The van der Waals surface area contributed by atoms with E-state index in [-0.39, 0.29) is 12.1 Å². The fourth-order valence-electron chi connectivity index (χ4n) is 2.03. The van der Waals surface area contributed by atoms with Gasteiger partial charge in [-0.3, -0.25) is 4.79 Å². The molecule has 0 saturated heterocycles. The van der Waals surface area contributed by atoms with E-state index in [0.29, 0.717) is 5.56 Å². The van der Waals surface area contributed by atoms with Gasteiger partial charge in [-0.05, 0) is 29.8 Å². The van der Waals surface area contributed by atoms with E-state index in [2.05, 4.69) is 26.6 Å². The molecule has 0 unspecified atom stereocenters. The SMILES string of the molecule is O=C1N[C@@H](c2ccc(Br)cc2)Nc2ccccc21. The third kappa shape index (κ3) is 1.99. The number of halogens is 1. The van der Waals surface area contributed by atoms with Crippen molar-refractivity contribution in [1.82, 2.24) is 5.32 Å². The Balaban J connectivity index is 1.94. The van der Waals surface area contributed by atoms with Crippen molar-refractivity contribution in [2.24, 2.45) is 0 Å². The lowest BCUT2D eigenvalue weighted by atomic mass is 10.1. The Labute approximate surface area is 113 Å². The summed E-state index contributed by atoms with van der Waals surface area (Å²) >= 11 is 3.40. The average Bonchev–Trinajstić information content (AvgIpc) is 2.39. The maximum Gasteiger partial charge on any atom is 0.255 e. The number of para-hydroxylation sites is 1. The molecule has 0 fully saturated rings. The maximum absolute atomic E-state index is 12.0. The van der Waals surface area contributed by atoms with E-state index in [0.717, 1.165) is 15.7 Å². The molecule has 2 aromatic carbocycles. The second-order valence-electron chi connectivity index (χ2n) is 4.15. The summed E-state index contributed by atoms with van der Waals surface area (Å²) in [4.78, 5) is 12.0. The number of hydrogen-bond acceptors (Lipinski definition) is 2. The van der Waals surface area contributed by atoms with E-state index in [4.69, 9.17) is 0 Å². The van der Waals surface area contributed by atoms with Crippen LogP contribution >= 0.6 is 15.9 Å². The molecule has 0 radical (unpaired) electrons. The van der Waals surface area contributed by atoms with Gasteiger partial charge in [-0.1, -0.05) is 40.2 Å². The molecule has 1 atom stereocenters. The fraction of sp³-hybridized carbons (Fsp3) is 0.0714. The van der Waals surface area contributed by atoms with Crippen molar-refractivity contribution >= 4 is 27.5 Å². The van der Waals surface area contributed by atoms with Crippen LogP contribution in [0.5, 0.6) is 0 Å². The molecular weight excluding hydrogens is 292 g/mol. The van der Waals surface area contributed by atoms with Gasteiger partial charge in [0.15, 0.2) is 0 Å². The molecule has 3 nitrogen and oxygen atoms in total. The van der Waals surface area contributed by atoms with Crippen molar-refractivity contribution in [3.63, 3.8) is 0 Å². The van der Waals surface area contributed by atoms with Crippen molar-refractivity contribution in [3.8, 4) is 0 Å². The number of carbonyl (C=O) groups is 1. The Morgan fingerprint density at radius 1 is 0.944 bits per heavy atom. The van der Waals surface area contributed by atoms with E-state index >= 15 is 0 Å². The number of benzene rings is 2. The van der Waals surface area contributed by atoms with Crippen LogP contribution in [0.1, 0.15) is 22.1 Å². The van der Waals surface area contributed by atoms with E-state index in [1.807, 2.05) is 48.5 Å². The third-order valence-electron chi connectivity index (χ3n) is 2.95. The van der Waals surface area contributed by atoms with Gasteiger partial charge in [-0.2, -0.15) is 0 Å². The molecule has 0 bridgehead atoms. The number of amides is 1. The molecule has 3 rings (SSSR count). The highest BCUT2D eigenvalue weighted by Crippen LogP contribution is 2.26. The second kappa shape index (κ2) is 4.46. The van der Waals surface area contributed by atoms with Crippen LogP contribution in [-0.4, -0.2) is 5.91 Å². The van der Waals surface area contributed by atoms with Crippen LogP contribution in [0, 0.1) is 0 Å². The highest BCUT2D eigenvalue weighted by molar-refractivity contribution is 9.10. The molecule has 1 aliphatic rings. The van der Waals surface area contributed by atoms with Crippen LogP contribution < -0.4 is 10.6 Å². The molecule has 2 N–H and O–H groups in total. The zero-order valence-electron chi connectivity index (χ0n) is 9.48. The molecule has 1 heterocycles. The van der Waals surface area contributed by atoms with Gasteiger partial charge in [-0.15, -0.1) is 0 Å². The first-order chi connectivity index (χ1) is 8.74. The molecule has 0 saturated carbocycles. The Bertz CT molecular complexity index is 595. The predicted octanol–water partition coefficient (Wildman–Crippen LogP) is 3.30. The smallest absolute Gasteiger partial charge is 0.255 e. The van der Waals surface area contributed by atoms with Crippen LogP contribution in [0.25, 0.3) is 0 Å². The summed E-state index contributed by atoms with van der Waals surface area (Å²) < 4.78 is 1.02. The predicted molar refractivity (Wildman–Crippen MR) is 74.4 cm³/mol. The molecule has 90 valence electrons. The first-order valence-electron chi connectivity index (χ1n) is 5.66. The van der Waals surface area contributed by atoms with Gasteiger partial charge in [0, 0.05) is 10.2 Å². The van der Waals surface area contributed by atoms with Crippen LogP contribution in [-0.2, 0) is 0 Å². The van der Waals surface area contributed by atoms with Crippen molar-refractivity contribution in [2.45, 2.75) is 6.17 Å². The lowest BCUT2D eigenvalue weighted by Crippen LogP contribution is -2.38. The molecule has 0 spiro atoms. The van der Waals surface area contributed by atoms with Crippen molar-refractivity contribution in [2.75, 3.05) is 5.32 Å². The summed E-state index contributed by atoms with van der Waals surface area (Å²) in [6.07, 6.45) is -0.180. The first kappa shape index (κ1) is 11.3. The van der Waals surface area contributed by atoms with Crippen LogP contribution in [0.15, 0.2) is 53.0 Å². The van der Waals surface area contributed by atoms with Gasteiger partial charge < -0.3 is 10.6 Å². The van der Waals surface area contributed by atoms with Gasteiger partial charge in [0.2, 0.25) is 0 Å². The summed E-state index contributed by atoms with van der Waals surface area (Å²) in [6.45, 7) is 0. The molecule has 1 aliphatic heterocycles. The number of rotatable bonds is 1. The molecule has 0 aliphatic carbocycles. The normalized spacial score (nSPS) is 17.6. The van der Waals surface area contributed by atoms with Crippen molar-refractivity contribution in [1.29, 1.82) is 0 Å². The topological polar surface area (TPSA) is 41.1 Å². The molecular formula is C14H11BrN2O. The van der Waals surface area contributed by atoms with E-state index < -0.39 is 0 Å². The van der Waals surface area contributed by atoms with Crippen molar-refractivity contribution < 1.29 is 4.79 Å². The third-order valence-corrected chi connectivity index (χ3v) is 3.48. The van der Waals surface area contributed by atoms with Gasteiger partial charge in [0.05, 0.1) is 5.56 Å². The van der Waals surface area contributed by atoms with E-state index in [1.54, 1.807) is 0 Å². The second-order valence-corrected chi connectivity index (χ2v) is 5.06. The van der Waals surface area contributed by atoms with Gasteiger partial charge in [-0.25, -0.2) is 0 Å². The number of anilines is 1. The number of nitrogens with one attached hydrogen (secondary N) is 2. The minimum absolute atomic E-state index is 0.0442. The minimum atomic E-state index is -0.180. The summed E-state index contributed by atoms with van der Waals surface area (Å²) in [5.74, 6) is -0.0442. The van der Waals surface area contributed by atoms with Crippen LogP contribution in [0.3, 0.4) is 0 Å². The summed E-state index contributed by atoms with van der Waals surface area (Å²) in [6, 6.07) is 15.4. The molecule has 18 heavy (non-hydrogen) atoms. The standard InChI is InChI=1S/C14H11BrN2O/c15-10-7-5-9(6-8-10)13-16-12-4-2-1-3-11(12)14(18)17-13/h1-8,13,16H,(H,17,18)/t13-/m0/s1.